The van der Waals surface area contributed by atoms with E-state index in [0.717, 1.165) is 11.8 Å². The lowest BCUT2D eigenvalue weighted by molar-refractivity contribution is -0.107. The van der Waals surface area contributed by atoms with Gasteiger partial charge in [-0.2, -0.15) is 12.6 Å². The third kappa shape index (κ3) is 1.57. The van der Waals surface area contributed by atoms with Gasteiger partial charge in [-0.15, -0.1) is 0 Å². The number of rotatable bonds is 2. The van der Waals surface area contributed by atoms with Crippen LogP contribution in [0.15, 0.2) is 24.5 Å². The molecule has 0 aliphatic carbocycles. The Morgan fingerprint density at radius 3 is 2.60 bits per heavy atom. The molecule has 2 nitrogen and oxygen atoms in total. The van der Waals surface area contributed by atoms with E-state index in [2.05, 4.69) is 17.6 Å². The molecule has 1 unspecified atom stereocenters. The SMILES string of the molecule is O=CC(S)c1ccncc1. The molecule has 1 rings (SSSR count). The lowest BCUT2D eigenvalue weighted by Crippen LogP contribution is -1.90. The molecule has 0 fully saturated rings. The fourth-order valence-corrected chi connectivity index (χ4v) is 0.811. The van der Waals surface area contributed by atoms with Gasteiger partial charge in [0, 0.05) is 12.4 Å². The van der Waals surface area contributed by atoms with Crippen molar-refractivity contribution in [3.8, 4) is 0 Å². The molecule has 0 N–H and O–H groups in total. The first-order valence-corrected chi connectivity index (χ1v) is 3.39. The average molecular weight is 153 g/mol. The van der Waals surface area contributed by atoms with Gasteiger partial charge in [0.25, 0.3) is 0 Å². The molecule has 10 heavy (non-hydrogen) atoms. The fourth-order valence-electron chi connectivity index (χ4n) is 0.639. The quantitative estimate of drug-likeness (QED) is 0.512. The molecule has 0 saturated carbocycles. The monoisotopic (exact) mass is 153 g/mol. The van der Waals surface area contributed by atoms with Crippen LogP contribution in [-0.4, -0.2) is 11.3 Å². The summed E-state index contributed by atoms with van der Waals surface area (Å²) in [6, 6.07) is 3.54. The summed E-state index contributed by atoms with van der Waals surface area (Å²) >= 11 is 4.02. The van der Waals surface area contributed by atoms with Crippen molar-refractivity contribution >= 4 is 18.9 Å². The lowest BCUT2D eigenvalue weighted by Gasteiger charge is -1.99. The van der Waals surface area contributed by atoms with E-state index in [-0.39, 0.29) is 5.25 Å². The molecule has 0 aliphatic heterocycles. The van der Waals surface area contributed by atoms with Crippen molar-refractivity contribution in [1.29, 1.82) is 0 Å². The first-order chi connectivity index (χ1) is 4.84. The second-order valence-corrected chi connectivity index (χ2v) is 2.42. The molecule has 0 aromatic carbocycles. The van der Waals surface area contributed by atoms with E-state index >= 15 is 0 Å². The molecule has 1 aromatic heterocycles. The number of thiol groups is 1. The zero-order valence-corrected chi connectivity index (χ0v) is 6.16. The van der Waals surface area contributed by atoms with Crippen LogP contribution < -0.4 is 0 Å². The Kier molecular flexibility index (Phi) is 2.45. The molecule has 1 atom stereocenters. The van der Waals surface area contributed by atoms with Crippen molar-refractivity contribution in [2.24, 2.45) is 0 Å². The predicted molar refractivity (Wildman–Crippen MR) is 42.0 cm³/mol. The normalized spacial score (nSPS) is 12.5. The molecule has 1 heterocycles. The second kappa shape index (κ2) is 3.37. The molecule has 0 spiro atoms. The minimum atomic E-state index is -0.317. The Labute approximate surface area is 64.7 Å². The van der Waals surface area contributed by atoms with E-state index in [1.165, 1.54) is 0 Å². The number of nitrogens with zero attached hydrogens (tertiary/aromatic N) is 1. The van der Waals surface area contributed by atoms with E-state index in [9.17, 15) is 4.79 Å². The number of carbonyl (C=O) groups is 1. The van der Waals surface area contributed by atoms with Crippen LogP contribution in [0, 0.1) is 0 Å². The number of hydrogen-bond acceptors (Lipinski definition) is 3. The van der Waals surface area contributed by atoms with Crippen LogP contribution in [0.1, 0.15) is 10.8 Å². The lowest BCUT2D eigenvalue weighted by atomic mass is 10.2. The maximum Gasteiger partial charge on any atom is 0.137 e. The molecule has 0 saturated heterocycles. The molecule has 0 radical (unpaired) electrons. The Bertz CT molecular complexity index is 212. The van der Waals surface area contributed by atoms with Gasteiger partial charge in [0.05, 0.1) is 5.25 Å². The second-order valence-electron chi connectivity index (χ2n) is 1.86. The van der Waals surface area contributed by atoms with Crippen molar-refractivity contribution in [3.63, 3.8) is 0 Å². The zero-order chi connectivity index (χ0) is 7.40. The van der Waals surface area contributed by atoms with E-state index in [1.54, 1.807) is 24.5 Å². The minimum absolute atomic E-state index is 0.317. The van der Waals surface area contributed by atoms with Gasteiger partial charge >= 0.3 is 0 Å². The maximum absolute atomic E-state index is 10.2. The first-order valence-electron chi connectivity index (χ1n) is 2.88. The molecule has 0 aliphatic rings. The molecule has 0 bridgehead atoms. The van der Waals surface area contributed by atoms with Crippen LogP contribution in [0.4, 0.5) is 0 Å². The molecule has 1 aromatic rings. The van der Waals surface area contributed by atoms with Crippen molar-refractivity contribution in [2.75, 3.05) is 0 Å². The summed E-state index contributed by atoms with van der Waals surface area (Å²) in [5, 5.41) is -0.317. The van der Waals surface area contributed by atoms with E-state index in [4.69, 9.17) is 0 Å². The van der Waals surface area contributed by atoms with Gasteiger partial charge in [-0.25, -0.2) is 0 Å². The standard InChI is InChI=1S/C7H7NOS/c9-5-7(10)6-1-3-8-4-2-6/h1-5,7,10H. The van der Waals surface area contributed by atoms with Gasteiger partial charge in [0.2, 0.25) is 0 Å². The highest BCUT2D eigenvalue weighted by Crippen LogP contribution is 2.14. The van der Waals surface area contributed by atoms with Gasteiger partial charge in [-0.1, -0.05) is 0 Å². The molecule has 0 amide bonds. The van der Waals surface area contributed by atoms with Crippen LogP contribution in [0.2, 0.25) is 0 Å². The largest absolute Gasteiger partial charge is 0.302 e. The smallest absolute Gasteiger partial charge is 0.137 e. The Morgan fingerprint density at radius 2 is 2.10 bits per heavy atom. The maximum atomic E-state index is 10.2. The predicted octanol–water partition coefficient (Wildman–Crippen LogP) is 1.25. The van der Waals surface area contributed by atoms with Gasteiger partial charge in [0.1, 0.15) is 6.29 Å². The van der Waals surface area contributed by atoms with E-state index < -0.39 is 0 Å². The number of aldehydes is 1. The fraction of sp³-hybridized carbons (Fsp3) is 0.143. The van der Waals surface area contributed by atoms with Crippen LogP contribution in [0.5, 0.6) is 0 Å². The van der Waals surface area contributed by atoms with Crippen LogP contribution >= 0.6 is 12.6 Å². The number of pyridine rings is 1. The van der Waals surface area contributed by atoms with Gasteiger partial charge in [-0.05, 0) is 17.7 Å². The Hall–Kier alpha value is -0.830. The molecular weight excluding hydrogens is 146 g/mol. The zero-order valence-electron chi connectivity index (χ0n) is 5.27. The topological polar surface area (TPSA) is 30.0 Å². The van der Waals surface area contributed by atoms with Crippen molar-refractivity contribution in [3.05, 3.63) is 30.1 Å². The molecule has 52 valence electrons. The van der Waals surface area contributed by atoms with Gasteiger partial charge in [0.15, 0.2) is 0 Å². The molecule has 3 heteroatoms. The summed E-state index contributed by atoms with van der Waals surface area (Å²) in [4.78, 5) is 14.0. The third-order valence-electron chi connectivity index (χ3n) is 1.18. The number of hydrogen-bond donors (Lipinski definition) is 1. The summed E-state index contributed by atoms with van der Waals surface area (Å²) in [5.74, 6) is 0. The first kappa shape index (κ1) is 7.28. The van der Waals surface area contributed by atoms with E-state index in [1.807, 2.05) is 0 Å². The van der Waals surface area contributed by atoms with E-state index in [0.29, 0.717) is 0 Å². The van der Waals surface area contributed by atoms with Gasteiger partial charge in [-0.3, -0.25) is 4.98 Å². The van der Waals surface area contributed by atoms with Gasteiger partial charge < -0.3 is 4.79 Å². The van der Waals surface area contributed by atoms with Crippen LogP contribution in [0.3, 0.4) is 0 Å². The third-order valence-corrected chi connectivity index (χ3v) is 1.60. The van der Waals surface area contributed by atoms with Crippen LogP contribution in [0.25, 0.3) is 0 Å². The number of carbonyl (C=O) groups excluding carboxylic acids is 1. The van der Waals surface area contributed by atoms with Crippen LogP contribution in [-0.2, 0) is 4.79 Å². The van der Waals surface area contributed by atoms with Crippen molar-refractivity contribution < 1.29 is 4.79 Å². The average Bonchev–Trinajstić information content (AvgIpc) is 2.05. The summed E-state index contributed by atoms with van der Waals surface area (Å²) < 4.78 is 0. The summed E-state index contributed by atoms with van der Waals surface area (Å²) in [6.07, 6.45) is 4.07. The highest BCUT2D eigenvalue weighted by molar-refractivity contribution is 7.81. The number of aromatic nitrogens is 1. The van der Waals surface area contributed by atoms with Crippen molar-refractivity contribution in [2.45, 2.75) is 5.25 Å². The summed E-state index contributed by atoms with van der Waals surface area (Å²) in [7, 11) is 0. The Morgan fingerprint density at radius 1 is 1.50 bits per heavy atom. The summed E-state index contributed by atoms with van der Waals surface area (Å²) in [5.41, 5.74) is 0.883. The highest BCUT2D eigenvalue weighted by atomic mass is 32.1. The van der Waals surface area contributed by atoms with Crippen molar-refractivity contribution in [1.82, 2.24) is 4.98 Å². The molecular formula is C7H7NOS. The highest BCUT2D eigenvalue weighted by Gasteiger charge is 2.01. The Balaban J connectivity index is 2.84. The minimum Gasteiger partial charge on any atom is -0.302 e. The summed E-state index contributed by atoms with van der Waals surface area (Å²) in [6.45, 7) is 0.